The van der Waals surface area contributed by atoms with Crippen molar-refractivity contribution in [2.24, 2.45) is 5.73 Å². The molecule has 0 amide bonds. The van der Waals surface area contributed by atoms with Gasteiger partial charge in [-0.2, -0.15) is 0 Å². The van der Waals surface area contributed by atoms with Gasteiger partial charge < -0.3 is 10.5 Å². The van der Waals surface area contributed by atoms with E-state index in [1.807, 2.05) is 30.5 Å². The standard InChI is InChI=1S/C13H18N4O/c1-2-9-18-12-5-3-11(4-6-12)13-10-17(8-7-14)16-15-13/h3-6,10H,2,7-9,14H2,1H3. The molecule has 0 bridgehead atoms. The maximum absolute atomic E-state index is 5.53. The van der Waals surface area contributed by atoms with Crippen LogP contribution in [0.1, 0.15) is 13.3 Å². The zero-order chi connectivity index (χ0) is 12.8. The molecule has 0 unspecified atom stereocenters. The lowest BCUT2D eigenvalue weighted by atomic mass is 10.2. The summed E-state index contributed by atoms with van der Waals surface area (Å²) < 4.78 is 7.28. The first-order valence-electron chi connectivity index (χ1n) is 6.17. The van der Waals surface area contributed by atoms with Gasteiger partial charge in [0.1, 0.15) is 11.4 Å². The predicted molar refractivity (Wildman–Crippen MR) is 70.3 cm³/mol. The van der Waals surface area contributed by atoms with Crippen molar-refractivity contribution < 1.29 is 4.74 Å². The van der Waals surface area contributed by atoms with E-state index in [1.165, 1.54) is 0 Å². The fourth-order valence-electron chi connectivity index (χ4n) is 1.61. The first-order chi connectivity index (χ1) is 8.83. The van der Waals surface area contributed by atoms with Crippen LogP contribution in [0.15, 0.2) is 30.5 Å². The van der Waals surface area contributed by atoms with Crippen LogP contribution < -0.4 is 10.5 Å². The molecule has 0 atom stereocenters. The molecular formula is C13H18N4O. The minimum Gasteiger partial charge on any atom is -0.494 e. The highest BCUT2D eigenvalue weighted by Gasteiger charge is 2.03. The number of benzene rings is 1. The fourth-order valence-corrected chi connectivity index (χ4v) is 1.61. The van der Waals surface area contributed by atoms with E-state index in [0.717, 1.165) is 30.0 Å². The van der Waals surface area contributed by atoms with Gasteiger partial charge in [0.15, 0.2) is 0 Å². The summed E-state index contributed by atoms with van der Waals surface area (Å²) in [5.74, 6) is 0.884. The van der Waals surface area contributed by atoms with Crippen LogP contribution in [0.4, 0.5) is 0 Å². The van der Waals surface area contributed by atoms with Crippen molar-refractivity contribution in [2.45, 2.75) is 19.9 Å². The van der Waals surface area contributed by atoms with E-state index < -0.39 is 0 Å². The molecule has 0 saturated carbocycles. The van der Waals surface area contributed by atoms with Crippen LogP contribution in [-0.4, -0.2) is 28.1 Å². The maximum Gasteiger partial charge on any atom is 0.119 e. The van der Waals surface area contributed by atoms with Crippen molar-refractivity contribution in [3.63, 3.8) is 0 Å². The van der Waals surface area contributed by atoms with Gasteiger partial charge in [0, 0.05) is 12.1 Å². The number of ether oxygens (including phenoxy) is 1. The molecule has 0 fully saturated rings. The topological polar surface area (TPSA) is 66.0 Å². The minimum absolute atomic E-state index is 0.562. The normalized spacial score (nSPS) is 10.6. The largest absolute Gasteiger partial charge is 0.494 e. The summed E-state index contributed by atoms with van der Waals surface area (Å²) in [7, 11) is 0. The zero-order valence-corrected chi connectivity index (χ0v) is 10.5. The zero-order valence-electron chi connectivity index (χ0n) is 10.5. The molecule has 1 aromatic carbocycles. The van der Waals surface area contributed by atoms with Crippen molar-refractivity contribution in [3.05, 3.63) is 30.5 Å². The van der Waals surface area contributed by atoms with E-state index in [-0.39, 0.29) is 0 Å². The van der Waals surface area contributed by atoms with Crippen molar-refractivity contribution in [1.29, 1.82) is 0 Å². The Bertz CT molecular complexity index is 478. The van der Waals surface area contributed by atoms with E-state index in [9.17, 15) is 0 Å². The highest BCUT2D eigenvalue weighted by molar-refractivity contribution is 5.58. The molecule has 1 heterocycles. The van der Waals surface area contributed by atoms with E-state index in [4.69, 9.17) is 10.5 Å². The Kier molecular flexibility index (Phi) is 4.30. The molecule has 18 heavy (non-hydrogen) atoms. The number of nitrogens with zero attached hydrogens (tertiary/aromatic N) is 3. The maximum atomic E-state index is 5.53. The molecule has 5 heteroatoms. The van der Waals surface area contributed by atoms with Gasteiger partial charge >= 0.3 is 0 Å². The Hall–Kier alpha value is -1.88. The molecule has 2 N–H and O–H groups in total. The van der Waals surface area contributed by atoms with Gasteiger partial charge in [-0.3, -0.25) is 4.68 Å². The van der Waals surface area contributed by atoms with E-state index in [0.29, 0.717) is 13.1 Å². The van der Waals surface area contributed by atoms with Crippen LogP contribution in [0, 0.1) is 0 Å². The van der Waals surface area contributed by atoms with Crippen molar-refractivity contribution in [1.82, 2.24) is 15.0 Å². The lowest BCUT2D eigenvalue weighted by Gasteiger charge is -2.04. The summed E-state index contributed by atoms with van der Waals surface area (Å²) in [6.07, 6.45) is 2.91. The molecule has 5 nitrogen and oxygen atoms in total. The fraction of sp³-hybridized carbons (Fsp3) is 0.385. The molecular weight excluding hydrogens is 228 g/mol. The molecule has 0 aliphatic carbocycles. The van der Waals surface area contributed by atoms with Gasteiger partial charge in [0.2, 0.25) is 0 Å². The third kappa shape index (κ3) is 3.07. The monoisotopic (exact) mass is 246 g/mol. The number of aromatic nitrogens is 3. The predicted octanol–water partition coefficient (Wildman–Crippen LogP) is 1.69. The third-order valence-corrected chi connectivity index (χ3v) is 2.52. The summed E-state index contributed by atoms with van der Waals surface area (Å²) >= 11 is 0. The molecule has 0 spiro atoms. The second-order valence-corrected chi connectivity index (χ2v) is 4.03. The summed E-state index contributed by atoms with van der Waals surface area (Å²) in [5.41, 5.74) is 7.35. The molecule has 1 aromatic heterocycles. The Morgan fingerprint density at radius 2 is 2.06 bits per heavy atom. The smallest absolute Gasteiger partial charge is 0.119 e. The summed E-state index contributed by atoms with van der Waals surface area (Å²) in [5, 5.41) is 8.12. The molecule has 0 saturated heterocycles. The van der Waals surface area contributed by atoms with Crippen LogP contribution in [0.2, 0.25) is 0 Å². The quantitative estimate of drug-likeness (QED) is 0.842. The minimum atomic E-state index is 0.562. The number of hydrogen-bond donors (Lipinski definition) is 1. The number of hydrogen-bond acceptors (Lipinski definition) is 4. The number of rotatable bonds is 6. The first-order valence-corrected chi connectivity index (χ1v) is 6.17. The second-order valence-electron chi connectivity index (χ2n) is 4.03. The van der Waals surface area contributed by atoms with Gasteiger partial charge in [0.25, 0.3) is 0 Å². The summed E-state index contributed by atoms with van der Waals surface area (Å²) in [6, 6.07) is 7.88. The Morgan fingerprint density at radius 1 is 1.28 bits per heavy atom. The molecule has 2 aromatic rings. The second kappa shape index (κ2) is 6.16. The lowest BCUT2D eigenvalue weighted by Crippen LogP contribution is -2.10. The van der Waals surface area contributed by atoms with Gasteiger partial charge in [-0.15, -0.1) is 5.10 Å². The lowest BCUT2D eigenvalue weighted by molar-refractivity contribution is 0.317. The highest BCUT2D eigenvalue weighted by atomic mass is 16.5. The van der Waals surface area contributed by atoms with Crippen molar-refractivity contribution >= 4 is 0 Å². The number of nitrogens with two attached hydrogens (primary N) is 1. The SMILES string of the molecule is CCCOc1ccc(-c2cn(CCN)nn2)cc1. The van der Waals surface area contributed by atoms with Crippen LogP contribution in [-0.2, 0) is 6.54 Å². The van der Waals surface area contributed by atoms with Gasteiger partial charge in [-0.1, -0.05) is 12.1 Å². The third-order valence-electron chi connectivity index (χ3n) is 2.52. The Labute approximate surface area is 107 Å². The molecule has 0 aliphatic rings. The summed E-state index contributed by atoms with van der Waals surface area (Å²) in [4.78, 5) is 0. The first kappa shape index (κ1) is 12.6. The van der Waals surface area contributed by atoms with Crippen molar-refractivity contribution in [3.8, 4) is 17.0 Å². The van der Waals surface area contributed by atoms with Crippen LogP contribution >= 0.6 is 0 Å². The van der Waals surface area contributed by atoms with Crippen LogP contribution in [0.25, 0.3) is 11.3 Å². The van der Waals surface area contributed by atoms with E-state index in [2.05, 4.69) is 17.2 Å². The van der Waals surface area contributed by atoms with Crippen LogP contribution in [0.3, 0.4) is 0 Å². The molecule has 2 rings (SSSR count). The summed E-state index contributed by atoms with van der Waals surface area (Å²) in [6.45, 7) is 4.08. The highest BCUT2D eigenvalue weighted by Crippen LogP contribution is 2.20. The van der Waals surface area contributed by atoms with Gasteiger partial charge in [0.05, 0.1) is 19.3 Å². The van der Waals surface area contributed by atoms with Crippen molar-refractivity contribution in [2.75, 3.05) is 13.2 Å². The molecule has 96 valence electrons. The van der Waals surface area contributed by atoms with Crippen LogP contribution in [0.5, 0.6) is 5.75 Å². The Morgan fingerprint density at radius 3 is 2.72 bits per heavy atom. The molecule has 0 radical (unpaired) electrons. The average Bonchev–Trinajstić information content (AvgIpc) is 2.86. The molecule has 0 aliphatic heterocycles. The van der Waals surface area contributed by atoms with E-state index >= 15 is 0 Å². The van der Waals surface area contributed by atoms with Gasteiger partial charge in [-0.05, 0) is 30.7 Å². The van der Waals surface area contributed by atoms with E-state index in [1.54, 1.807) is 4.68 Å². The Balaban J connectivity index is 2.07. The average molecular weight is 246 g/mol. The van der Waals surface area contributed by atoms with Gasteiger partial charge in [-0.25, -0.2) is 0 Å².